The first kappa shape index (κ1) is 14.4. The van der Waals surface area contributed by atoms with Crippen LogP contribution in [0.2, 0.25) is 0 Å². The summed E-state index contributed by atoms with van der Waals surface area (Å²) in [6.45, 7) is 2.37. The molecule has 8 heteroatoms. The normalized spacial score (nSPS) is 12.3. The molecule has 0 saturated heterocycles. The second-order valence-electron chi connectivity index (χ2n) is 4.09. The molecule has 0 spiro atoms. The van der Waals surface area contributed by atoms with E-state index in [9.17, 15) is 4.21 Å². The fraction of sp³-hybridized carbons (Fsp3) is 0.417. The smallest absolute Gasteiger partial charge is 0.185 e. The molecule has 1 unspecified atom stereocenters. The van der Waals surface area contributed by atoms with Gasteiger partial charge in [-0.25, -0.2) is 4.68 Å². The van der Waals surface area contributed by atoms with Crippen LogP contribution in [0.1, 0.15) is 6.92 Å². The van der Waals surface area contributed by atoms with Crippen molar-refractivity contribution >= 4 is 16.5 Å². The quantitative estimate of drug-likeness (QED) is 0.788. The van der Waals surface area contributed by atoms with Crippen LogP contribution >= 0.6 is 0 Å². The van der Waals surface area contributed by atoms with Gasteiger partial charge in [-0.1, -0.05) is 13.0 Å². The number of rotatable bonds is 6. The number of aromatic nitrogens is 4. The van der Waals surface area contributed by atoms with Crippen LogP contribution in [0.5, 0.6) is 5.75 Å². The van der Waals surface area contributed by atoms with Crippen LogP contribution in [-0.4, -0.2) is 43.0 Å². The highest BCUT2D eigenvalue weighted by Gasteiger charge is 2.16. The number of hydrogen-bond donors (Lipinski definition) is 1. The predicted octanol–water partition coefficient (Wildman–Crippen LogP) is 0.699. The number of ether oxygens (including phenoxy) is 1. The lowest BCUT2D eigenvalue weighted by molar-refractivity contribution is 0.418. The molecular weight excluding hydrogens is 278 g/mol. The molecule has 0 fully saturated rings. The minimum atomic E-state index is -0.860. The van der Waals surface area contributed by atoms with Gasteiger partial charge in [0.1, 0.15) is 0 Å². The summed E-state index contributed by atoms with van der Waals surface area (Å²) in [5.74, 6) is 2.24. The van der Waals surface area contributed by atoms with Crippen molar-refractivity contribution in [1.82, 2.24) is 20.2 Å². The first-order valence-electron chi connectivity index (χ1n) is 6.21. The molecule has 0 bridgehead atoms. The fourth-order valence-corrected chi connectivity index (χ4v) is 2.50. The third kappa shape index (κ3) is 2.96. The van der Waals surface area contributed by atoms with E-state index in [0.717, 1.165) is 5.56 Å². The lowest BCUT2D eigenvalue weighted by Crippen LogP contribution is -2.12. The zero-order chi connectivity index (χ0) is 14.5. The molecular formula is C12H17N5O2S. The fourth-order valence-electron chi connectivity index (χ4n) is 1.84. The van der Waals surface area contributed by atoms with Crippen molar-refractivity contribution < 1.29 is 8.95 Å². The summed E-state index contributed by atoms with van der Waals surface area (Å²) in [6.07, 6.45) is 0. The topological polar surface area (TPSA) is 95.9 Å². The molecule has 7 nitrogen and oxygen atoms in total. The Bertz CT molecular complexity index is 614. The number of aryl methyl sites for hydroxylation is 1. The molecule has 0 saturated carbocycles. The minimum Gasteiger partial charge on any atom is -0.494 e. The van der Waals surface area contributed by atoms with Crippen LogP contribution in [-0.2, 0) is 17.3 Å². The minimum absolute atomic E-state index is 0.487. The van der Waals surface area contributed by atoms with Gasteiger partial charge in [0.15, 0.2) is 11.6 Å². The number of nitrogens with two attached hydrogens (primary N) is 1. The van der Waals surface area contributed by atoms with E-state index in [1.165, 1.54) is 0 Å². The van der Waals surface area contributed by atoms with Crippen molar-refractivity contribution in [2.24, 2.45) is 0 Å². The van der Waals surface area contributed by atoms with Gasteiger partial charge in [0.2, 0.25) is 0 Å². The molecule has 0 aliphatic heterocycles. The summed E-state index contributed by atoms with van der Waals surface area (Å²) in [5, 5.41) is 11.6. The summed E-state index contributed by atoms with van der Waals surface area (Å²) >= 11 is 0. The van der Waals surface area contributed by atoms with Crippen molar-refractivity contribution in [3.63, 3.8) is 0 Å². The molecule has 1 aromatic carbocycles. The summed E-state index contributed by atoms with van der Waals surface area (Å²) < 4.78 is 18.4. The molecule has 2 aromatic rings. The molecule has 0 radical (unpaired) electrons. The largest absolute Gasteiger partial charge is 0.494 e. The molecule has 0 amide bonds. The van der Waals surface area contributed by atoms with Gasteiger partial charge in [-0.15, -0.1) is 5.10 Å². The second kappa shape index (κ2) is 6.47. The number of para-hydroxylation sites is 1. The van der Waals surface area contributed by atoms with Gasteiger partial charge in [-0.2, -0.15) is 0 Å². The van der Waals surface area contributed by atoms with Crippen molar-refractivity contribution in [2.75, 3.05) is 24.3 Å². The van der Waals surface area contributed by atoms with Gasteiger partial charge in [0.25, 0.3) is 0 Å². The van der Waals surface area contributed by atoms with Crippen molar-refractivity contribution in [1.29, 1.82) is 0 Å². The van der Waals surface area contributed by atoms with Gasteiger partial charge in [0.05, 0.1) is 24.9 Å². The number of tetrazole rings is 1. The molecule has 1 atom stereocenters. The molecule has 1 heterocycles. The van der Waals surface area contributed by atoms with Crippen LogP contribution in [0.3, 0.4) is 0 Å². The first-order chi connectivity index (χ1) is 9.67. The van der Waals surface area contributed by atoms with Crippen LogP contribution in [0.15, 0.2) is 18.2 Å². The first-order valence-corrected chi connectivity index (χ1v) is 7.70. The Balaban J connectivity index is 2.32. The number of methoxy groups -OCH3 is 1. The third-order valence-corrected chi connectivity index (χ3v) is 4.16. The summed E-state index contributed by atoms with van der Waals surface area (Å²) in [6, 6.07) is 5.41. The van der Waals surface area contributed by atoms with E-state index in [1.54, 1.807) is 17.9 Å². The van der Waals surface area contributed by atoms with Gasteiger partial charge in [-0.3, -0.25) is 4.21 Å². The van der Waals surface area contributed by atoms with E-state index in [1.807, 2.05) is 19.1 Å². The lowest BCUT2D eigenvalue weighted by atomic mass is 10.1. The molecule has 0 aliphatic rings. The highest BCUT2D eigenvalue weighted by molar-refractivity contribution is 7.84. The molecule has 108 valence electrons. The van der Waals surface area contributed by atoms with Crippen molar-refractivity contribution in [3.8, 4) is 17.1 Å². The highest BCUT2D eigenvalue weighted by Crippen LogP contribution is 2.33. The van der Waals surface area contributed by atoms with Crippen molar-refractivity contribution in [2.45, 2.75) is 13.5 Å². The number of anilines is 1. The van der Waals surface area contributed by atoms with Crippen LogP contribution in [0.4, 0.5) is 5.69 Å². The van der Waals surface area contributed by atoms with E-state index in [4.69, 9.17) is 10.5 Å². The number of hydrogen-bond acceptors (Lipinski definition) is 6. The monoisotopic (exact) mass is 295 g/mol. The van der Waals surface area contributed by atoms with E-state index in [0.29, 0.717) is 35.3 Å². The number of nitrogen functional groups attached to an aromatic ring is 1. The van der Waals surface area contributed by atoms with Crippen LogP contribution in [0, 0.1) is 0 Å². The van der Waals surface area contributed by atoms with E-state index < -0.39 is 10.8 Å². The Morgan fingerprint density at radius 3 is 2.95 bits per heavy atom. The Kier molecular flexibility index (Phi) is 4.67. The zero-order valence-corrected chi connectivity index (χ0v) is 12.3. The third-order valence-electron chi connectivity index (χ3n) is 2.88. The van der Waals surface area contributed by atoms with Crippen LogP contribution in [0.25, 0.3) is 11.4 Å². The highest BCUT2D eigenvalue weighted by atomic mass is 32.2. The van der Waals surface area contributed by atoms with E-state index in [2.05, 4.69) is 15.5 Å². The molecule has 0 aliphatic carbocycles. The Labute approximate surface area is 119 Å². The molecule has 2 N–H and O–H groups in total. The number of nitrogens with zero attached hydrogens (tertiary/aromatic N) is 4. The maximum atomic E-state index is 11.5. The van der Waals surface area contributed by atoms with Crippen LogP contribution < -0.4 is 10.5 Å². The second-order valence-corrected chi connectivity index (χ2v) is 5.95. The van der Waals surface area contributed by atoms with Gasteiger partial charge in [-0.05, 0) is 22.6 Å². The summed E-state index contributed by atoms with van der Waals surface area (Å²) in [7, 11) is 0.691. The number of benzene rings is 1. The average molecular weight is 295 g/mol. The zero-order valence-electron chi connectivity index (χ0n) is 11.4. The molecule has 1 aromatic heterocycles. The Morgan fingerprint density at radius 1 is 1.45 bits per heavy atom. The molecule has 2 rings (SSSR count). The summed E-state index contributed by atoms with van der Waals surface area (Å²) in [5.41, 5.74) is 7.13. The molecule has 20 heavy (non-hydrogen) atoms. The SMILES string of the molecule is CCS(=O)CCn1nnnc1-c1cccc(N)c1OC. The van der Waals surface area contributed by atoms with E-state index >= 15 is 0 Å². The lowest BCUT2D eigenvalue weighted by Gasteiger charge is -2.10. The van der Waals surface area contributed by atoms with Crippen molar-refractivity contribution in [3.05, 3.63) is 18.2 Å². The maximum absolute atomic E-state index is 11.5. The summed E-state index contributed by atoms with van der Waals surface area (Å²) in [4.78, 5) is 0. The van der Waals surface area contributed by atoms with Gasteiger partial charge in [0, 0.05) is 22.3 Å². The maximum Gasteiger partial charge on any atom is 0.185 e. The van der Waals surface area contributed by atoms with Gasteiger partial charge >= 0.3 is 0 Å². The Morgan fingerprint density at radius 2 is 2.25 bits per heavy atom. The predicted molar refractivity (Wildman–Crippen MR) is 77.8 cm³/mol. The average Bonchev–Trinajstić information content (AvgIpc) is 2.92. The van der Waals surface area contributed by atoms with E-state index in [-0.39, 0.29) is 0 Å². The van der Waals surface area contributed by atoms with Gasteiger partial charge < -0.3 is 10.5 Å². The standard InChI is InChI=1S/C12H17N5O2S/c1-3-20(18)8-7-17-12(14-15-16-17)9-5-4-6-10(13)11(9)19-2/h4-6H,3,7-8,13H2,1-2H3. The Hall–Kier alpha value is -1.96.